The van der Waals surface area contributed by atoms with E-state index < -0.39 is 12.7 Å². The van der Waals surface area contributed by atoms with Crippen molar-refractivity contribution in [2.24, 2.45) is 5.73 Å². The number of alkyl halides is 2. The molecule has 1 rings (SSSR count). The minimum Gasteiger partial charge on any atom is -0.435 e. The molecule has 0 radical (unpaired) electrons. The standard InChI is InChI=1S/C10H10F2N2O/c11-10(12)15-8-3-1-7(2-4-8)9(14)5-6-13/h1-4,9-10H,5,14H2/t9-/m0/s1. The lowest BCUT2D eigenvalue weighted by Gasteiger charge is -2.09. The Bertz CT molecular complexity index is 345. The molecule has 15 heavy (non-hydrogen) atoms. The van der Waals surface area contributed by atoms with Crippen LogP contribution in [0.25, 0.3) is 0 Å². The van der Waals surface area contributed by atoms with E-state index in [1.54, 1.807) is 12.1 Å². The summed E-state index contributed by atoms with van der Waals surface area (Å²) in [6, 6.07) is 7.48. The quantitative estimate of drug-likeness (QED) is 0.832. The zero-order valence-electron chi connectivity index (χ0n) is 7.86. The molecule has 0 aliphatic carbocycles. The minimum atomic E-state index is -2.83. The summed E-state index contributed by atoms with van der Waals surface area (Å²) in [5.74, 6) is 0.0814. The lowest BCUT2D eigenvalue weighted by Crippen LogP contribution is -2.09. The third-order valence-corrected chi connectivity index (χ3v) is 1.84. The molecule has 1 aromatic carbocycles. The van der Waals surface area contributed by atoms with E-state index in [4.69, 9.17) is 11.0 Å². The molecular weight excluding hydrogens is 202 g/mol. The molecule has 80 valence electrons. The van der Waals surface area contributed by atoms with Gasteiger partial charge in [0.25, 0.3) is 0 Å². The van der Waals surface area contributed by atoms with Gasteiger partial charge in [0, 0.05) is 6.04 Å². The van der Waals surface area contributed by atoms with Crippen LogP contribution in [0.5, 0.6) is 5.75 Å². The molecule has 0 bridgehead atoms. The monoisotopic (exact) mass is 212 g/mol. The van der Waals surface area contributed by atoms with Crippen LogP contribution >= 0.6 is 0 Å². The molecule has 0 aliphatic heterocycles. The first-order chi connectivity index (χ1) is 7.13. The number of nitrogens with two attached hydrogens (primary N) is 1. The summed E-state index contributed by atoms with van der Waals surface area (Å²) in [4.78, 5) is 0. The van der Waals surface area contributed by atoms with Crippen molar-refractivity contribution in [3.05, 3.63) is 29.8 Å². The number of nitrogens with zero attached hydrogens (tertiary/aromatic N) is 1. The van der Waals surface area contributed by atoms with Gasteiger partial charge in [-0.2, -0.15) is 14.0 Å². The Kier molecular flexibility index (Phi) is 4.01. The van der Waals surface area contributed by atoms with Gasteiger partial charge in [-0.15, -0.1) is 0 Å². The Morgan fingerprint density at radius 3 is 2.40 bits per heavy atom. The number of rotatable bonds is 4. The van der Waals surface area contributed by atoms with Gasteiger partial charge in [-0.1, -0.05) is 12.1 Å². The highest BCUT2D eigenvalue weighted by molar-refractivity contribution is 5.29. The van der Waals surface area contributed by atoms with Gasteiger partial charge < -0.3 is 10.5 Å². The molecule has 0 aliphatic rings. The van der Waals surface area contributed by atoms with Crippen LogP contribution in [-0.2, 0) is 0 Å². The van der Waals surface area contributed by atoms with E-state index in [2.05, 4.69) is 4.74 Å². The first-order valence-corrected chi connectivity index (χ1v) is 4.31. The molecule has 5 heteroatoms. The van der Waals surface area contributed by atoms with E-state index in [0.29, 0.717) is 0 Å². The van der Waals surface area contributed by atoms with Gasteiger partial charge in [-0.25, -0.2) is 0 Å². The van der Waals surface area contributed by atoms with Crippen molar-refractivity contribution in [1.29, 1.82) is 5.26 Å². The molecule has 0 saturated carbocycles. The molecule has 0 unspecified atom stereocenters. The number of nitriles is 1. The van der Waals surface area contributed by atoms with Crippen LogP contribution in [0.3, 0.4) is 0 Å². The van der Waals surface area contributed by atoms with Crippen molar-refractivity contribution in [3.63, 3.8) is 0 Å². The maximum absolute atomic E-state index is 11.8. The Morgan fingerprint density at radius 1 is 1.33 bits per heavy atom. The topological polar surface area (TPSA) is 59.0 Å². The number of halogens is 2. The summed E-state index contributed by atoms with van der Waals surface area (Å²) in [6.07, 6.45) is 0.190. The van der Waals surface area contributed by atoms with Crippen LogP contribution in [0.4, 0.5) is 8.78 Å². The lowest BCUT2D eigenvalue weighted by molar-refractivity contribution is -0.0498. The number of hydrogen-bond acceptors (Lipinski definition) is 3. The van der Waals surface area contributed by atoms with Gasteiger partial charge in [-0.3, -0.25) is 0 Å². The Morgan fingerprint density at radius 2 is 1.93 bits per heavy atom. The molecule has 1 atom stereocenters. The SMILES string of the molecule is N#CC[C@H](N)c1ccc(OC(F)F)cc1. The Balaban J connectivity index is 2.68. The minimum absolute atomic E-state index is 0.0814. The van der Waals surface area contributed by atoms with Crippen molar-refractivity contribution in [1.82, 2.24) is 0 Å². The average molecular weight is 212 g/mol. The molecule has 0 fully saturated rings. The average Bonchev–Trinajstić information content (AvgIpc) is 2.18. The molecule has 0 amide bonds. The Labute approximate surface area is 86.1 Å². The zero-order chi connectivity index (χ0) is 11.3. The number of hydrogen-bond donors (Lipinski definition) is 1. The lowest BCUT2D eigenvalue weighted by atomic mass is 10.1. The summed E-state index contributed by atoms with van der Waals surface area (Å²) in [5.41, 5.74) is 6.37. The van der Waals surface area contributed by atoms with Gasteiger partial charge in [0.1, 0.15) is 5.75 Å². The number of ether oxygens (including phenoxy) is 1. The second-order valence-electron chi connectivity index (χ2n) is 2.92. The highest BCUT2D eigenvalue weighted by atomic mass is 19.3. The molecule has 1 aromatic rings. The number of benzene rings is 1. The van der Waals surface area contributed by atoms with E-state index >= 15 is 0 Å². The van der Waals surface area contributed by atoms with E-state index in [-0.39, 0.29) is 12.2 Å². The van der Waals surface area contributed by atoms with E-state index in [0.717, 1.165) is 5.56 Å². The third-order valence-electron chi connectivity index (χ3n) is 1.84. The van der Waals surface area contributed by atoms with Crippen LogP contribution < -0.4 is 10.5 Å². The molecule has 0 saturated heterocycles. The van der Waals surface area contributed by atoms with Gasteiger partial charge in [-0.05, 0) is 17.7 Å². The first-order valence-electron chi connectivity index (χ1n) is 4.31. The highest BCUT2D eigenvalue weighted by Gasteiger charge is 2.07. The fraction of sp³-hybridized carbons (Fsp3) is 0.300. The second kappa shape index (κ2) is 5.27. The summed E-state index contributed by atoms with van der Waals surface area (Å²) in [6.45, 7) is -2.83. The van der Waals surface area contributed by atoms with Crippen molar-refractivity contribution < 1.29 is 13.5 Å². The molecular formula is C10H10F2N2O. The molecule has 0 aromatic heterocycles. The summed E-state index contributed by atoms with van der Waals surface area (Å²) in [5, 5.41) is 8.42. The fourth-order valence-corrected chi connectivity index (χ4v) is 1.11. The van der Waals surface area contributed by atoms with Crippen molar-refractivity contribution in [3.8, 4) is 11.8 Å². The van der Waals surface area contributed by atoms with Crippen LogP contribution in [0.1, 0.15) is 18.0 Å². The van der Waals surface area contributed by atoms with Crippen LogP contribution in [0.2, 0.25) is 0 Å². The Hall–Kier alpha value is -1.67. The third kappa shape index (κ3) is 3.52. The van der Waals surface area contributed by atoms with Crippen molar-refractivity contribution in [2.75, 3.05) is 0 Å². The maximum atomic E-state index is 11.8. The van der Waals surface area contributed by atoms with Crippen molar-refractivity contribution in [2.45, 2.75) is 19.1 Å². The van der Waals surface area contributed by atoms with E-state index in [1.165, 1.54) is 12.1 Å². The second-order valence-corrected chi connectivity index (χ2v) is 2.92. The zero-order valence-corrected chi connectivity index (χ0v) is 7.86. The first kappa shape index (κ1) is 11.4. The van der Waals surface area contributed by atoms with Crippen LogP contribution in [0, 0.1) is 11.3 Å². The maximum Gasteiger partial charge on any atom is 0.387 e. The smallest absolute Gasteiger partial charge is 0.387 e. The summed E-state index contributed by atoms with van der Waals surface area (Å²) in [7, 11) is 0. The molecule has 3 nitrogen and oxygen atoms in total. The predicted molar refractivity (Wildman–Crippen MR) is 50.2 cm³/mol. The van der Waals surface area contributed by atoms with E-state index in [1.807, 2.05) is 6.07 Å². The van der Waals surface area contributed by atoms with Crippen LogP contribution in [-0.4, -0.2) is 6.61 Å². The van der Waals surface area contributed by atoms with Crippen LogP contribution in [0.15, 0.2) is 24.3 Å². The van der Waals surface area contributed by atoms with Gasteiger partial charge in [0.15, 0.2) is 0 Å². The summed E-state index contributed by atoms with van der Waals surface area (Å²) >= 11 is 0. The molecule has 2 N–H and O–H groups in total. The highest BCUT2D eigenvalue weighted by Crippen LogP contribution is 2.19. The summed E-state index contributed by atoms with van der Waals surface area (Å²) < 4.78 is 27.8. The van der Waals surface area contributed by atoms with Crippen molar-refractivity contribution >= 4 is 0 Å². The molecule has 0 heterocycles. The van der Waals surface area contributed by atoms with Gasteiger partial charge in [0.2, 0.25) is 0 Å². The van der Waals surface area contributed by atoms with Gasteiger partial charge >= 0.3 is 6.61 Å². The molecule has 0 spiro atoms. The van der Waals surface area contributed by atoms with E-state index in [9.17, 15) is 8.78 Å². The fourth-order valence-electron chi connectivity index (χ4n) is 1.11. The predicted octanol–water partition coefficient (Wildman–Crippen LogP) is 2.20. The largest absolute Gasteiger partial charge is 0.435 e. The van der Waals surface area contributed by atoms with Gasteiger partial charge in [0.05, 0.1) is 12.5 Å². The normalized spacial score (nSPS) is 12.2.